The number of hydrogen-bond donors (Lipinski definition) is 4. The van der Waals surface area contributed by atoms with E-state index in [1.807, 2.05) is 13.0 Å². The van der Waals surface area contributed by atoms with E-state index >= 15 is 0 Å². The Morgan fingerprint density at radius 1 is 0.952 bits per heavy atom. The fourth-order valence-electron chi connectivity index (χ4n) is 6.72. The molecule has 1 heterocycles. The van der Waals surface area contributed by atoms with Gasteiger partial charge in [-0.25, -0.2) is 14.6 Å². The van der Waals surface area contributed by atoms with E-state index in [0.717, 1.165) is 37.8 Å². The number of aliphatic imine (C=N–C) groups is 1. The Bertz CT molecular complexity index is 913. The normalized spacial score (nSPS) is 21.5. The molecule has 0 bridgehead atoms. The molecule has 0 spiro atoms. The van der Waals surface area contributed by atoms with Crippen molar-refractivity contribution in [1.29, 1.82) is 0 Å². The van der Waals surface area contributed by atoms with E-state index in [1.54, 1.807) is 0 Å². The molecular weight excluding hydrogens is 526 g/mol. The lowest BCUT2D eigenvalue weighted by molar-refractivity contribution is 0.0664. The van der Waals surface area contributed by atoms with Crippen molar-refractivity contribution in [2.45, 2.75) is 150 Å². The first-order chi connectivity index (χ1) is 20.0. The predicted molar refractivity (Wildman–Crippen MR) is 174 cm³/mol. The number of nitrogens with one attached hydrogen (secondary N) is 4. The van der Waals surface area contributed by atoms with Crippen LogP contribution in [0.3, 0.4) is 0 Å². The number of unbranched alkanes of at least 4 members (excludes halogenated alkanes) is 13. The van der Waals surface area contributed by atoms with Gasteiger partial charge in [0.25, 0.3) is 0 Å². The number of ether oxygens (including phenoxy) is 1. The molecular formula is C34H61N5O3. The molecule has 0 aromatic heterocycles. The molecule has 0 radical (unpaired) electrons. The van der Waals surface area contributed by atoms with Crippen LogP contribution in [0, 0.1) is 10.8 Å². The third kappa shape index (κ3) is 15.6. The van der Waals surface area contributed by atoms with Crippen molar-refractivity contribution in [1.82, 2.24) is 21.3 Å². The van der Waals surface area contributed by atoms with E-state index in [2.05, 4.69) is 60.5 Å². The van der Waals surface area contributed by atoms with Gasteiger partial charge in [0, 0.05) is 18.3 Å². The van der Waals surface area contributed by atoms with Crippen LogP contribution in [0.4, 0.5) is 9.59 Å². The number of carbonyl (C=O) groups is 2. The van der Waals surface area contributed by atoms with Gasteiger partial charge in [-0.05, 0) is 49.5 Å². The molecule has 2 aliphatic rings. The van der Waals surface area contributed by atoms with Crippen LogP contribution in [0.15, 0.2) is 29.0 Å². The van der Waals surface area contributed by atoms with Crippen LogP contribution in [-0.4, -0.2) is 37.3 Å². The largest absolute Gasteiger partial charge is 0.450 e. The number of amides is 3. The van der Waals surface area contributed by atoms with Crippen molar-refractivity contribution in [2.24, 2.45) is 15.8 Å². The SMILES string of the molecule is C=C1C=C(C)NC(NC(=O)NCC2(C)CC(NC(=O)OCCCCCCCCCCCCCCCC)CC(C)(C)C2)=N1. The summed E-state index contributed by atoms with van der Waals surface area (Å²) in [7, 11) is 0. The fraction of sp³-hybridized carbons (Fsp3) is 0.794. The van der Waals surface area contributed by atoms with Crippen molar-refractivity contribution in [3.63, 3.8) is 0 Å². The molecule has 2 unspecified atom stereocenters. The first-order valence-corrected chi connectivity index (χ1v) is 16.7. The summed E-state index contributed by atoms with van der Waals surface area (Å²) in [5.41, 5.74) is 1.34. The number of urea groups is 1. The zero-order chi connectivity index (χ0) is 30.8. The van der Waals surface area contributed by atoms with E-state index < -0.39 is 0 Å². The van der Waals surface area contributed by atoms with Crippen LogP contribution in [-0.2, 0) is 4.74 Å². The quantitative estimate of drug-likeness (QED) is 0.121. The zero-order valence-electron chi connectivity index (χ0n) is 27.5. The Morgan fingerprint density at radius 3 is 2.10 bits per heavy atom. The molecule has 0 aromatic rings. The molecule has 240 valence electrons. The van der Waals surface area contributed by atoms with Gasteiger partial charge in [-0.1, -0.05) is 118 Å². The molecule has 2 atom stereocenters. The highest BCUT2D eigenvalue weighted by atomic mass is 16.5. The minimum atomic E-state index is -0.328. The molecule has 0 saturated heterocycles. The molecule has 42 heavy (non-hydrogen) atoms. The minimum Gasteiger partial charge on any atom is -0.450 e. The second-order valence-electron chi connectivity index (χ2n) is 13.8. The number of hydrogen-bond acceptors (Lipinski definition) is 5. The summed E-state index contributed by atoms with van der Waals surface area (Å²) >= 11 is 0. The Morgan fingerprint density at radius 2 is 1.52 bits per heavy atom. The van der Waals surface area contributed by atoms with E-state index in [9.17, 15) is 9.59 Å². The van der Waals surface area contributed by atoms with Crippen LogP contribution in [0.5, 0.6) is 0 Å². The van der Waals surface area contributed by atoms with Crippen LogP contribution < -0.4 is 21.3 Å². The first kappa shape index (κ1) is 35.7. The fourth-order valence-corrected chi connectivity index (χ4v) is 6.72. The van der Waals surface area contributed by atoms with Crippen molar-refractivity contribution < 1.29 is 14.3 Å². The van der Waals surface area contributed by atoms with Crippen LogP contribution in [0.25, 0.3) is 0 Å². The van der Waals surface area contributed by atoms with Gasteiger partial charge >= 0.3 is 12.1 Å². The van der Waals surface area contributed by atoms with Crippen molar-refractivity contribution in [2.75, 3.05) is 13.2 Å². The van der Waals surface area contributed by atoms with E-state index in [1.165, 1.54) is 77.0 Å². The average Bonchev–Trinajstić information content (AvgIpc) is 2.88. The second-order valence-corrected chi connectivity index (χ2v) is 13.8. The number of nitrogens with zero attached hydrogens (tertiary/aromatic N) is 1. The lowest BCUT2D eigenvalue weighted by Gasteiger charge is -2.46. The van der Waals surface area contributed by atoms with Crippen LogP contribution >= 0.6 is 0 Å². The highest BCUT2D eigenvalue weighted by molar-refractivity contribution is 5.98. The lowest BCUT2D eigenvalue weighted by atomic mass is 9.62. The van der Waals surface area contributed by atoms with Crippen molar-refractivity contribution in [3.8, 4) is 0 Å². The van der Waals surface area contributed by atoms with Crippen molar-refractivity contribution >= 4 is 18.1 Å². The summed E-state index contributed by atoms with van der Waals surface area (Å²) in [6.07, 6.45) is 22.4. The van der Waals surface area contributed by atoms with E-state index in [4.69, 9.17) is 4.74 Å². The van der Waals surface area contributed by atoms with E-state index in [-0.39, 0.29) is 29.0 Å². The summed E-state index contributed by atoms with van der Waals surface area (Å²) in [5, 5.41) is 11.9. The van der Waals surface area contributed by atoms with Gasteiger partial charge < -0.3 is 20.7 Å². The van der Waals surface area contributed by atoms with Gasteiger partial charge in [0.15, 0.2) is 0 Å². The summed E-state index contributed by atoms with van der Waals surface area (Å²) in [6, 6.07) is -0.307. The molecule has 1 fully saturated rings. The highest BCUT2D eigenvalue weighted by Crippen LogP contribution is 2.45. The highest BCUT2D eigenvalue weighted by Gasteiger charge is 2.42. The lowest BCUT2D eigenvalue weighted by Crippen LogP contribution is -2.52. The molecule has 8 nitrogen and oxygen atoms in total. The summed E-state index contributed by atoms with van der Waals surface area (Å²) in [6.45, 7) is 15.6. The number of alkyl carbamates (subject to hydrolysis) is 1. The van der Waals surface area contributed by atoms with Crippen LogP contribution in [0.2, 0.25) is 0 Å². The maximum absolute atomic E-state index is 12.6. The predicted octanol–water partition coefficient (Wildman–Crippen LogP) is 8.45. The standard InChI is InChI=1S/C34H61N5O3/c1-7-8-9-10-11-12-13-14-15-16-17-18-19-20-21-42-32(41)38-29-23-33(4,5)25-34(6,24-29)26-35-31(40)39-30-36-27(2)22-28(3)37-30/h22,29H,2,7-21,23-26H2,1,3-6H3,(H,38,41)(H3,35,36,37,39,40). The molecule has 0 aromatic carbocycles. The average molecular weight is 588 g/mol. The zero-order valence-corrected chi connectivity index (χ0v) is 27.5. The monoisotopic (exact) mass is 587 g/mol. The van der Waals surface area contributed by atoms with Gasteiger partial charge in [-0.2, -0.15) is 0 Å². The molecule has 4 N–H and O–H groups in total. The molecule has 1 aliphatic heterocycles. The topological polar surface area (TPSA) is 104 Å². The van der Waals surface area contributed by atoms with Gasteiger partial charge in [0.2, 0.25) is 5.96 Å². The summed E-state index contributed by atoms with van der Waals surface area (Å²) < 4.78 is 5.53. The Balaban J connectivity index is 1.57. The Kier molecular flexibility index (Phi) is 16.1. The summed E-state index contributed by atoms with van der Waals surface area (Å²) in [5.74, 6) is 0.368. The minimum absolute atomic E-state index is 0.00736. The van der Waals surface area contributed by atoms with Crippen molar-refractivity contribution in [3.05, 3.63) is 24.0 Å². The number of allylic oxidation sites excluding steroid dienone is 2. The van der Waals surface area contributed by atoms with E-state index in [0.29, 0.717) is 24.8 Å². The maximum atomic E-state index is 12.6. The second kappa shape index (κ2) is 18.9. The summed E-state index contributed by atoms with van der Waals surface area (Å²) in [4.78, 5) is 29.4. The van der Waals surface area contributed by atoms with Crippen LogP contribution in [0.1, 0.15) is 144 Å². The molecule has 1 aliphatic carbocycles. The van der Waals surface area contributed by atoms with Gasteiger partial charge in [0.1, 0.15) is 0 Å². The first-order valence-electron chi connectivity index (χ1n) is 16.7. The van der Waals surface area contributed by atoms with Gasteiger partial charge in [0.05, 0.1) is 12.3 Å². The third-order valence-electron chi connectivity index (χ3n) is 8.36. The third-order valence-corrected chi connectivity index (χ3v) is 8.36. The number of carbonyl (C=O) groups excluding carboxylic acids is 2. The molecule has 1 saturated carbocycles. The number of guanidine groups is 1. The molecule has 2 rings (SSSR count). The Hall–Kier alpha value is -2.51. The van der Waals surface area contributed by atoms with Gasteiger partial charge in [-0.15, -0.1) is 0 Å². The smallest absolute Gasteiger partial charge is 0.407 e. The van der Waals surface area contributed by atoms with Gasteiger partial charge in [-0.3, -0.25) is 5.32 Å². The maximum Gasteiger partial charge on any atom is 0.407 e. The Labute approximate surface area is 256 Å². The molecule has 8 heteroatoms. The molecule has 3 amide bonds. The number of rotatable bonds is 18.